The van der Waals surface area contributed by atoms with Crippen LogP contribution in [0.4, 0.5) is 4.39 Å². The third-order valence-electron chi connectivity index (χ3n) is 3.36. The molecule has 1 N–H and O–H groups in total. The van der Waals surface area contributed by atoms with Crippen molar-refractivity contribution in [2.75, 3.05) is 19.7 Å². The Morgan fingerprint density at radius 3 is 2.80 bits per heavy atom. The van der Waals surface area contributed by atoms with Crippen molar-refractivity contribution >= 4 is 10.0 Å². The van der Waals surface area contributed by atoms with Crippen LogP contribution in [0.1, 0.15) is 18.1 Å². The lowest BCUT2D eigenvalue weighted by Gasteiger charge is -2.30. The lowest BCUT2D eigenvalue weighted by Crippen LogP contribution is -2.44. The molecule has 1 aromatic rings. The fourth-order valence-electron chi connectivity index (χ4n) is 2.21. The maximum atomic E-state index is 13.8. The first-order valence-corrected chi connectivity index (χ1v) is 7.82. The van der Waals surface area contributed by atoms with E-state index in [1.807, 2.05) is 0 Å². The number of aliphatic hydroxyl groups is 1. The van der Waals surface area contributed by atoms with Gasteiger partial charge in [-0.3, -0.25) is 0 Å². The van der Waals surface area contributed by atoms with E-state index in [1.165, 1.54) is 17.3 Å². The Bertz CT molecular complexity index is 603. The van der Waals surface area contributed by atoms with Gasteiger partial charge in [0.05, 0.1) is 24.2 Å². The first-order chi connectivity index (χ1) is 9.36. The van der Waals surface area contributed by atoms with Gasteiger partial charge in [0.15, 0.2) is 0 Å². The molecule has 0 amide bonds. The molecule has 0 saturated carbocycles. The summed E-state index contributed by atoms with van der Waals surface area (Å²) in [4.78, 5) is -0.0874. The van der Waals surface area contributed by atoms with E-state index in [9.17, 15) is 12.8 Å². The van der Waals surface area contributed by atoms with E-state index in [4.69, 9.17) is 9.84 Å². The standard InChI is InChI=1S/C13H18FNO4S/c1-9-7-15(3-4-19-9)20(17,18)13-6-11(8-16)5-12(14)10(13)2/h5-6,9,16H,3-4,7-8H2,1-2H3. The van der Waals surface area contributed by atoms with E-state index >= 15 is 0 Å². The molecule has 1 aliphatic heterocycles. The predicted octanol–water partition coefficient (Wildman–Crippen LogP) is 1.04. The molecule has 1 saturated heterocycles. The molecule has 1 unspecified atom stereocenters. The number of hydrogen-bond donors (Lipinski definition) is 1. The summed E-state index contributed by atoms with van der Waals surface area (Å²) in [5.41, 5.74) is 0.314. The van der Waals surface area contributed by atoms with Gasteiger partial charge in [0.2, 0.25) is 10.0 Å². The highest BCUT2D eigenvalue weighted by Crippen LogP contribution is 2.25. The molecule has 5 nitrogen and oxygen atoms in total. The van der Waals surface area contributed by atoms with Crippen molar-refractivity contribution in [1.82, 2.24) is 4.31 Å². The molecule has 20 heavy (non-hydrogen) atoms. The van der Waals surface area contributed by atoms with Crippen LogP contribution in [0.3, 0.4) is 0 Å². The first-order valence-electron chi connectivity index (χ1n) is 6.38. The highest BCUT2D eigenvalue weighted by atomic mass is 32.2. The van der Waals surface area contributed by atoms with Crippen LogP contribution in [0.15, 0.2) is 17.0 Å². The number of hydrogen-bond acceptors (Lipinski definition) is 4. The lowest BCUT2D eigenvalue weighted by atomic mass is 10.1. The molecule has 1 atom stereocenters. The van der Waals surface area contributed by atoms with Crippen LogP contribution in [-0.2, 0) is 21.4 Å². The van der Waals surface area contributed by atoms with E-state index in [-0.39, 0.29) is 35.2 Å². The average molecular weight is 303 g/mol. The predicted molar refractivity (Wildman–Crippen MR) is 71.2 cm³/mol. The van der Waals surface area contributed by atoms with Crippen LogP contribution in [0.5, 0.6) is 0 Å². The Morgan fingerprint density at radius 2 is 2.20 bits per heavy atom. The largest absolute Gasteiger partial charge is 0.392 e. The molecule has 0 radical (unpaired) electrons. The number of halogens is 1. The van der Waals surface area contributed by atoms with Gasteiger partial charge in [-0.05, 0) is 31.5 Å². The van der Waals surface area contributed by atoms with E-state index in [1.54, 1.807) is 6.92 Å². The summed E-state index contributed by atoms with van der Waals surface area (Å²) in [5.74, 6) is -0.628. The molecule has 0 bridgehead atoms. The van der Waals surface area contributed by atoms with E-state index in [0.717, 1.165) is 6.07 Å². The quantitative estimate of drug-likeness (QED) is 0.906. The Hall–Kier alpha value is -1.02. The first kappa shape index (κ1) is 15.4. The van der Waals surface area contributed by atoms with Gasteiger partial charge in [-0.1, -0.05) is 0 Å². The SMILES string of the molecule is Cc1c(F)cc(CO)cc1S(=O)(=O)N1CCOC(C)C1. The monoisotopic (exact) mass is 303 g/mol. The molecule has 112 valence electrons. The highest BCUT2D eigenvalue weighted by molar-refractivity contribution is 7.89. The zero-order chi connectivity index (χ0) is 14.9. The van der Waals surface area contributed by atoms with Crippen molar-refractivity contribution in [3.8, 4) is 0 Å². The fourth-order valence-corrected chi connectivity index (χ4v) is 3.99. The second-order valence-corrected chi connectivity index (χ2v) is 6.81. The fraction of sp³-hybridized carbons (Fsp3) is 0.538. The third-order valence-corrected chi connectivity index (χ3v) is 5.35. The summed E-state index contributed by atoms with van der Waals surface area (Å²) < 4.78 is 45.6. The van der Waals surface area contributed by atoms with Crippen molar-refractivity contribution in [2.45, 2.75) is 31.5 Å². The summed E-state index contributed by atoms with van der Waals surface area (Å²) >= 11 is 0. The topological polar surface area (TPSA) is 66.8 Å². The van der Waals surface area contributed by atoms with Gasteiger partial charge in [-0.15, -0.1) is 0 Å². The Kier molecular flexibility index (Phi) is 4.43. The van der Waals surface area contributed by atoms with Gasteiger partial charge in [-0.25, -0.2) is 12.8 Å². The lowest BCUT2D eigenvalue weighted by molar-refractivity contribution is 0.0101. The van der Waals surface area contributed by atoms with E-state index < -0.39 is 22.4 Å². The second-order valence-electron chi connectivity index (χ2n) is 4.90. The minimum Gasteiger partial charge on any atom is -0.392 e. The van der Waals surface area contributed by atoms with Gasteiger partial charge < -0.3 is 9.84 Å². The van der Waals surface area contributed by atoms with Crippen LogP contribution in [0, 0.1) is 12.7 Å². The minimum atomic E-state index is -3.78. The number of aliphatic hydroxyl groups excluding tert-OH is 1. The smallest absolute Gasteiger partial charge is 0.243 e. The van der Waals surface area contributed by atoms with Crippen LogP contribution in [0.25, 0.3) is 0 Å². The average Bonchev–Trinajstić information content (AvgIpc) is 2.41. The van der Waals surface area contributed by atoms with Crippen molar-refractivity contribution in [3.63, 3.8) is 0 Å². The van der Waals surface area contributed by atoms with E-state index in [0.29, 0.717) is 6.61 Å². The van der Waals surface area contributed by atoms with Crippen LogP contribution in [-0.4, -0.2) is 43.6 Å². The Labute approximate surface area is 118 Å². The van der Waals surface area contributed by atoms with Crippen molar-refractivity contribution in [3.05, 3.63) is 29.1 Å². The Balaban J connectivity index is 2.46. The molecular formula is C13H18FNO4S. The molecule has 1 aromatic carbocycles. The summed E-state index contributed by atoms with van der Waals surface area (Å²) in [6.45, 7) is 3.62. The molecule has 1 aliphatic rings. The molecule has 1 fully saturated rings. The van der Waals surface area contributed by atoms with Gasteiger partial charge in [0.1, 0.15) is 5.82 Å². The van der Waals surface area contributed by atoms with Gasteiger partial charge >= 0.3 is 0 Å². The summed E-state index contributed by atoms with van der Waals surface area (Å²) in [7, 11) is -3.78. The molecular weight excluding hydrogens is 285 g/mol. The minimum absolute atomic E-state index is 0.0707. The number of sulfonamides is 1. The maximum absolute atomic E-state index is 13.8. The highest BCUT2D eigenvalue weighted by Gasteiger charge is 2.31. The zero-order valence-corrected chi connectivity index (χ0v) is 12.3. The second kappa shape index (κ2) is 5.77. The maximum Gasteiger partial charge on any atom is 0.243 e. The van der Waals surface area contributed by atoms with E-state index in [2.05, 4.69) is 0 Å². The summed E-state index contributed by atoms with van der Waals surface area (Å²) in [5, 5.41) is 9.10. The number of rotatable bonds is 3. The van der Waals surface area contributed by atoms with Crippen molar-refractivity contribution < 1.29 is 22.7 Å². The summed E-state index contributed by atoms with van der Waals surface area (Å²) in [6.07, 6.45) is -0.190. The zero-order valence-electron chi connectivity index (χ0n) is 11.5. The summed E-state index contributed by atoms with van der Waals surface area (Å²) in [6, 6.07) is 2.48. The molecule has 7 heteroatoms. The number of morpholine rings is 1. The molecule has 0 aromatic heterocycles. The van der Waals surface area contributed by atoms with Crippen LogP contribution >= 0.6 is 0 Å². The molecule has 2 rings (SSSR count). The van der Waals surface area contributed by atoms with Crippen LogP contribution in [0.2, 0.25) is 0 Å². The number of ether oxygens (including phenoxy) is 1. The Morgan fingerprint density at radius 1 is 1.50 bits per heavy atom. The molecule has 0 spiro atoms. The van der Waals surface area contributed by atoms with Gasteiger partial charge in [0.25, 0.3) is 0 Å². The van der Waals surface area contributed by atoms with Crippen molar-refractivity contribution in [2.24, 2.45) is 0 Å². The van der Waals surface area contributed by atoms with Crippen molar-refractivity contribution in [1.29, 1.82) is 0 Å². The van der Waals surface area contributed by atoms with Crippen LogP contribution < -0.4 is 0 Å². The van der Waals surface area contributed by atoms with Gasteiger partial charge in [-0.2, -0.15) is 4.31 Å². The molecule has 0 aliphatic carbocycles. The third kappa shape index (κ3) is 2.85. The van der Waals surface area contributed by atoms with Gasteiger partial charge in [0, 0.05) is 18.7 Å². The normalized spacial score (nSPS) is 21.1. The molecule has 1 heterocycles. The number of benzene rings is 1. The number of nitrogens with zero attached hydrogens (tertiary/aromatic N) is 1.